The maximum Gasteiger partial charge on any atom is 0.0713 e. The number of fused-ring (bicyclic) bond motifs is 15. The third kappa shape index (κ3) is 6.01. The van der Waals surface area contributed by atoms with Gasteiger partial charge >= 0.3 is 0 Å². The lowest BCUT2D eigenvalue weighted by molar-refractivity contribution is 0.658. The molecule has 1 spiro atoms. The number of benzene rings is 9. The van der Waals surface area contributed by atoms with Crippen molar-refractivity contribution in [3.05, 3.63) is 301 Å². The van der Waals surface area contributed by atoms with Crippen LogP contribution < -0.4 is 0 Å². The lowest BCUT2D eigenvalue weighted by atomic mass is 9.66. The molecule has 0 radical (unpaired) electrons. The zero-order valence-corrected chi connectivity index (χ0v) is 42.4. The van der Waals surface area contributed by atoms with Crippen LogP contribution in [0.2, 0.25) is 0 Å². The molecule has 0 amide bonds. The molecule has 5 aliphatic rings. The van der Waals surface area contributed by atoms with Crippen molar-refractivity contribution >= 4 is 5.57 Å². The molecular weight excluding hydrogens is 865 g/mol. The SMILES string of the molecule is CC1=CC#CCC2=C1c1ccccc1C21c2cc(C)cc(C)c2-c2cccc(C(C)c3ccc4c(c3)C(C)(C)c3ccccc3-4)c21.Cc1ccc2c(c1)C(c1ccccc1)(c1ccccc1)c1ccccc1-2. The Balaban J connectivity index is 0.000000164. The topological polar surface area (TPSA) is 0 Å². The average Bonchev–Trinajstić information content (AvgIpc) is 4.00. The van der Waals surface area contributed by atoms with Gasteiger partial charge in [-0.15, -0.1) is 0 Å². The minimum absolute atomic E-state index is 0.0284. The van der Waals surface area contributed by atoms with Crippen molar-refractivity contribution in [3.63, 3.8) is 0 Å². The Hall–Kier alpha value is -7.98. The number of hydrogen-bond donors (Lipinski definition) is 0. The summed E-state index contributed by atoms with van der Waals surface area (Å²) in [5.74, 6) is 7.16. The van der Waals surface area contributed by atoms with E-state index in [0.717, 1.165) is 6.42 Å². The van der Waals surface area contributed by atoms with Gasteiger partial charge in [0.1, 0.15) is 0 Å². The van der Waals surface area contributed by atoms with E-state index >= 15 is 0 Å². The van der Waals surface area contributed by atoms with Crippen molar-refractivity contribution in [1.82, 2.24) is 0 Å². The Labute approximate surface area is 426 Å². The summed E-state index contributed by atoms with van der Waals surface area (Å²) in [6.45, 7) is 16.2. The van der Waals surface area contributed by atoms with Crippen LogP contribution in [0.3, 0.4) is 0 Å². The molecule has 0 saturated carbocycles. The second-order valence-corrected chi connectivity index (χ2v) is 21.5. The first-order valence-electron chi connectivity index (χ1n) is 25.9. The van der Waals surface area contributed by atoms with Crippen molar-refractivity contribution in [2.45, 2.75) is 77.0 Å². The average molecular weight is 923 g/mol. The van der Waals surface area contributed by atoms with Gasteiger partial charge in [0.2, 0.25) is 0 Å². The van der Waals surface area contributed by atoms with Crippen LogP contribution in [0.15, 0.2) is 217 Å². The van der Waals surface area contributed by atoms with Gasteiger partial charge in [0, 0.05) is 17.8 Å². The van der Waals surface area contributed by atoms with Crippen LogP contribution >= 0.6 is 0 Å². The molecular formula is C72H58. The number of allylic oxidation sites excluding steroid dienone is 4. The Kier molecular flexibility index (Phi) is 9.95. The summed E-state index contributed by atoms with van der Waals surface area (Å²) in [5, 5.41) is 0. The fraction of sp³-hybridized carbons (Fsp3) is 0.167. The first-order valence-corrected chi connectivity index (χ1v) is 25.9. The van der Waals surface area contributed by atoms with Crippen LogP contribution in [0.4, 0.5) is 0 Å². The maximum atomic E-state index is 3.57. The number of rotatable bonds is 4. The summed E-state index contributed by atoms with van der Waals surface area (Å²) in [7, 11) is 0. The van der Waals surface area contributed by atoms with Crippen LogP contribution in [0.5, 0.6) is 0 Å². The normalized spacial score (nSPS) is 17.6. The fourth-order valence-corrected chi connectivity index (χ4v) is 14.2. The van der Waals surface area contributed by atoms with Gasteiger partial charge in [-0.05, 0) is 156 Å². The van der Waals surface area contributed by atoms with Gasteiger partial charge in [0.05, 0.1) is 10.8 Å². The van der Waals surface area contributed by atoms with Gasteiger partial charge in [-0.25, -0.2) is 0 Å². The number of aryl methyl sites for hydroxylation is 3. The fourth-order valence-electron chi connectivity index (χ4n) is 14.2. The minimum Gasteiger partial charge on any atom is -0.0940 e. The quantitative estimate of drug-likeness (QED) is 0.154. The molecule has 2 atom stereocenters. The van der Waals surface area contributed by atoms with E-state index in [-0.39, 0.29) is 22.2 Å². The second-order valence-electron chi connectivity index (χ2n) is 21.5. The van der Waals surface area contributed by atoms with Gasteiger partial charge in [0.25, 0.3) is 0 Å². The molecule has 0 bridgehead atoms. The third-order valence-corrected chi connectivity index (χ3v) is 17.2. The van der Waals surface area contributed by atoms with Crippen molar-refractivity contribution < 1.29 is 0 Å². The first-order chi connectivity index (χ1) is 35.1. The molecule has 72 heavy (non-hydrogen) atoms. The Morgan fingerprint density at radius 3 is 1.71 bits per heavy atom. The van der Waals surface area contributed by atoms with E-state index in [2.05, 4.69) is 267 Å². The molecule has 0 saturated heterocycles. The Morgan fingerprint density at radius 1 is 0.444 bits per heavy atom. The molecule has 0 fully saturated rings. The van der Waals surface area contributed by atoms with E-state index < -0.39 is 0 Å². The van der Waals surface area contributed by atoms with Crippen LogP contribution in [0.25, 0.3) is 39.0 Å². The lowest BCUT2D eigenvalue weighted by Crippen LogP contribution is -2.29. The lowest BCUT2D eigenvalue weighted by Gasteiger charge is -2.35. The molecule has 0 aliphatic heterocycles. The smallest absolute Gasteiger partial charge is 0.0713 e. The van der Waals surface area contributed by atoms with Crippen molar-refractivity contribution in [1.29, 1.82) is 0 Å². The molecule has 346 valence electrons. The molecule has 0 aromatic heterocycles. The monoisotopic (exact) mass is 922 g/mol. The van der Waals surface area contributed by atoms with Crippen LogP contribution in [-0.4, -0.2) is 0 Å². The maximum absolute atomic E-state index is 3.57. The van der Waals surface area contributed by atoms with Crippen LogP contribution in [0.1, 0.15) is 123 Å². The van der Waals surface area contributed by atoms with Crippen LogP contribution in [0, 0.1) is 32.6 Å². The highest BCUT2D eigenvalue weighted by Gasteiger charge is 2.55. The summed E-state index contributed by atoms with van der Waals surface area (Å²) < 4.78 is 0. The van der Waals surface area contributed by atoms with E-state index in [1.54, 1.807) is 0 Å². The summed E-state index contributed by atoms with van der Waals surface area (Å²) in [5.41, 5.74) is 32.4. The molecule has 2 unspecified atom stereocenters. The highest BCUT2D eigenvalue weighted by Crippen LogP contribution is 2.66. The molecule has 0 heterocycles. The van der Waals surface area contributed by atoms with Crippen LogP contribution in [-0.2, 0) is 16.2 Å². The van der Waals surface area contributed by atoms with Crippen molar-refractivity contribution in [3.8, 4) is 45.2 Å². The van der Waals surface area contributed by atoms with E-state index in [0.29, 0.717) is 0 Å². The standard InChI is InChI=1S/C46H38.C26H20/c1-27-24-29(3)43-36-18-13-17-32(30(4)31-22-23-34-33-15-8-11-19-37(33)45(5,6)40(34)26-31)44(36)46(41(43)25-27)38-20-12-9-16-35(38)42-28(2)14-7-10-21-39(42)46;1-19-16-17-23-22-14-8-9-15-24(22)26(25(23)18-19,20-10-4-2-5-11-20)21-12-6-3-7-13-21/h8-9,11-20,22-26,30H,21H2,1-6H3;2-18H,1H3. The Bertz CT molecular complexity index is 3820. The van der Waals surface area contributed by atoms with Gasteiger partial charge in [-0.3, -0.25) is 0 Å². The second kappa shape index (κ2) is 16.3. The third-order valence-electron chi connectivity index (χ3n) is 17.2. The van der Waals surface area contributed by atoms with E-state index in [9.17, 15) is 0 Å². The molecule has 14 rings (SSSR count). The number of hydrogen-bond acceptors (Lipinski definition) is 0. The summed E-state index contributed by atoms with van der Waals surface area (Å²) >= 11 is 0. The summed E-state index contributed by atoms with van der Waals surface area (Å²) in [6, 6.07) is 75.0. The summed E-state index contributed by atoms with van der Waals surface area (Å²) in [6.07, 6.45) is 2.90. The van der Waals surface area contributed by atoms with Gasteiger partial charge in [-0.1, -0.05) is 244 Å². The van der Waals surface area contributed by atoms with Crippen molar-refractivity contribution in [2.24, 2.45) is 0 Å². The molecule has 0 heteroatoms. The zero-order chi connectivity index (χ0) is 49.1. The van der Waals surface area contributed by atoms with Gasteiger partial charge < -0.3 is 0 Å². The molecule has 9 aromatic rings. The van der Waals surface area contributed by atoms with Gasteiger partial charge in [-0.2, -0.15) is 0 Å². The van der Waals surface area contributed by atoms with Gasteiger partial charge in [0.15, 0.2) is 0 Å². The zero-order valence-electron chi connectivity index (χ0n) is 42.4. The highest BCUT2D eigenvalue weighted by molar-refractivity contribution is 6.00. The van der Waals surface area contributed by atoms with Crippen molar-refractivity contribution in [2.75, 3.05) is 0 Å². The molecule has 0 nitrogen and oxygen atoms in total. The predicted octanol–water partition coefficient (Wildman–Crippen LogP) is 17.6. The highest BCUT2D eigenvalue weighted by atomic mass is 14.6. The van der Waals surface area contributed by atoms with E-state index in [1.807, 2.05) is 0 Å². The molecule has 9 aromatic carbocycles. The largest absolute Gasteiger partial charge is 0.0940 e. The Morgan fingerprint density at radius 2 is 1.00 bits per heavy atom. The molecule has 0 N–H and O–H groups in total. The summed E-state index contributed by atoms with van der Waals surface area (Å²) in [4.78, 5) is 0. The minimum atomic E-state index is -0.376. The predicted molar refractivity (Wildman–Crippen MR) is 301 cm³/mol. The van der Waals surface area contributed by atoms with E-state index in [4.69, 9.17) is 0 Å². The van der Waals surface area contributed by atoms with E-state index in [1.165, 1.54) is 134 Å². The first kappa shape index (κ1) is 44.0. The molecule has 5 aliphatic carbocycles.